The summed E-state index contributed by atoms with van der Waals surface area (Å²) in [4.78, 5) is 28.7. The number of likely N-dealkylation sites (N-methyl/N-ethyl adjacent to an activating group) is 1. The highest BCUT2D eigenvalue weighted by molar-refractivity contribution is 5.98. The second-order valence-electron chi connectivity index (χ2n) is 6.65. The van der Waals surface area contributed by atoms with Crippen molar-refractivity contribution in [1.29, 1.82) is 0 Å². The number of aromatic nitrogens is 3. The van der Waals surface area contributed by atoms with E-state index in [0.717, 1.165) is 41.2 Å². The number of halogens is 5. The average Bonchev–Trinajstić information content (AvgIpc) is 3.14. The summed E-state index contributed by atoms with van der Waals surface area (Å²) < 4.78 is 66.2. The molecule has 7 nitrogen and oxygen atoms in total. The maximum Gasteiger partial charge on any atom is 0.417 e. The number of alkyl halides is 3. The lowest BCUT2D eigenvalue weighted by Crippen LogP contribution is -2.39. The van der Waals surface area contributed by atoms with Gasteiger partial charge < -0.3 is 10.6 Å². The number of nitrogens with one attached hydrogen (secondary N) is 2. The molecule has 2 aromatic heterocycles. The molecule has 2 N–H and O–H groups in total. The maximum absolute atomic E-state index is 13.6. The van der Waals surface area contributed by atoms with Gasteiger partial charge in [-0.2, -0.15) is 18.3 Å². The monoisotopic (exact) mass is 453 g/mol. The largest absolute Gasteiger partial charge is 0.417 e. The minimum atomic E-state index is -4.55. The first kappa shape index (κ1) is 22.8. The molecular weight excluding hydrogens is 437 g/mol. The van der Waals surface area contributed by atoms with Gasteiger partial charge in [-0.1, -0.05) is 6.07 Å². The molecule has 168 valence electrons. The highest BCUT2D eigenvalue weighted by Crippen LogP contribution is 2.29. The Morgan fingerprint density at radius 1 is 1.06 bits per heavy atom. The molecule has 0 aliphatic heterocycles. The van der Waals surface area contributed by atoms with Crippen LogP contribution in [0.25, 0.3) is 5.82 Å². The van der Waals surface area contributed by atoms with Crippen molar-refractivity contribution in [2.24, 2.45) is 0 Å². The molecule has 0 aliphatic carbocycles. The molecule has 0 bridgehead atoms. The Bertz CT molecular complexity index is 1160. The fraction of sp³-hybridized carbons (Fsp3) is 0.200. The molecule has 0 saturated heterocycles. The van der Waals surface area contributed by atoms with Crippen molar-refractivity contribution in [1.82, 2.24) is 25.4 Å². The van der Waals surface area contributed by atoms with Crippen LogP contribution in [0.2, 0.25) is 0 Å². The number of rotatable bonds is 5. The molecule has 0 fully saturated rings. The summed E-state index contributed by atoms with van der Waals surface area (Å²) in [5, 5.41) is 8.72. The molecule has 3 aromatic rings. The smallest absolute Gasteiger partial charge is 0.357 e. The van der Waals surface area contributed by atoms with Crippen molar-refractivity contribution < 1.29 is 31.5 Å². The number of nitrogens with zero attached hydrogens (tertiary/aromatic N) is 3. The molecule has 12 heteroatoms. The normalized spacial score (nSPS) is 12.3. The van der Waals surface area contributed by atoms with Crippen molar-refractivity contribution in [3.63, 3.8) is 0 Å². The molecule has 0 spiro atoms. The van der Waals surface area contributed by atoms with Crippen LogP contribution in [0.3, 0.4) is 0 Å². The molecule has 0 radical (unpaired) electrons. The van der Waals surface area contributed by atoms with Gasteiger partial charge in [-0.3, -0.25) is 9.59 Å². The minimum Gasteiger partial charge on any atom is -0.357 e. The molecule has 32 heavy (non-hydrogen) atoms. The average molecular weight is 453 g/mol. The van der Waals surface area contributed by atoms with Crippen LogP contribution in [0.1, 0.15) is 33.2 Å². The van der Waals surface area contributed by atoms with Gasteiger partial charge in [-0.15, -0.1) is 0 Å². The van der Waals surface area contributed by atoms with Gasteiger partial charge in [0.15, 0.2) is 17.5 Å². The molecule has 1 aromatic carbocycles. The molecular formula is C20H16F5N5O2. The van der Waals surface area contributed by atoms with Gasteiger partial charge in [-0.05, 0) is 36.8 Å². The summed E-state index contributed by atoms with van der Waals surface area (Å²) in [5.74, 6) is -3.71. The van der Waals surface area contributed by atoms with Gasteiger partial charge in [0.1, 0.15) is 6.04 Å². The molecule has 2 amide bonds. The van der Waals surface area contributed by atoms with Crippen molar-refractivity contribution in [2.45, 2.75) is 19.1 Å². The standard InChI is InChI=1S/C20H16F5N5O2/c1-10-13(9-28-30(10)16-6-4-12(8-27-16)20(23,24)25)18(31)29-17(19(32)26-2)11-3-5-14(21)15(22)7-11/h3-9,17H,1-2H3,(H,26,32)(H,29,31). The van der Waals surface area contributed by atoms with Crippen LogP contribution in [-0.4, -0.2) is 33.6 Å². The van der Waals surface area contributed by atoms with Gasteiger partial charge in [0.25, 0.3) is 5.91 Å². The SMILES string of the molecule is CNC(=O)C(NC(=O)c1cnn(-c2ccc(C(F)(F)F)cn2)c1C)c1ccc(F)c(F)c1. The van der Waals surface area contributed by atoms with Crippen molar-refractivity contribution in [3.05, 3.63) is 76.7 Å². The second kappa shape index (κ2) is 8.73. The Hall–Kier alpha value is -3.83. The summed E-state index contributed by atoms with van der Waals surface area (Å²) >= 11 is 0. The van der Waals surface area contributed by atoms with E-state index >= 15 is 0 Å². The molecule has 0 saturated carbocycles. The highest BCUT2D eigenvalue weighted by atomic mass is 19.4. The summed E-state index contributed by atoms with van der Waals surface area (Å²) in [6, 6.07) is 3.35. The Balaban J connectivity index is 1.88. The lowest BCUT2D eigenvalue weighted by molar-refractivity contribution is -0.137. The van der Waals surface area contributed by atoms with Crippen molar-refractivity contribution >= 4 is 11.8 Å². The number of carbonyl (C=O) groups is 2. The lowest BCUT2D eigenvalue weighted by Gasteiger charge is -2.18. The van der Waals surface area contributed by atoms with Crippen molar-refractivity contribution in [3.8, 4) is 5.82 Å². The molecule has 1 unspecified atom stereocenters. The Labute approximate surface area is 178 Å². The zero-order valence-corrected chi connectivity index (χ0v) is 16.7. The molecule has 2 heterocycles. The van der Waals surface area contributed by atoms with Gasteiger partial charge in [0, 0.05) is 13.2 Å². The van der Waals surface area contributed by atoms with Crippen LogP contribution in [0.15, 0.2) is 42.7 Å². The zero-order valence-electron chi connectivity index (χ0n) is 16.7. The molecule has 0 aliphatic rings. The zero-order chi connectivity index (χ0) is 23.6. The number of amides is 2. The fourth-order valence-electron chi connectivity index (χ4n) is 2.89. The third kappa shape index (κ3) is 4.58. The van der Waals surface area contributed by atoms with E-state index < -0.39 is 41.2 Å². The summed E-state index contributed by atoms with van der Waals surface area (Å²) in [7, 11) is 1.31. The third-order valence-electron chi connectivity index (χ3n) is 4.61. The van der Waals surface area contributed by atoms with Gasteiger partial charge in [0.2, 0.25) is 5.91 Å². The number of pyridine rings is 1. The van der Waals surface area contributed by atoms with Gasteiger partial charge in [-0.25, -0.2) is 18.4 Å². The quantitative estimate of drug-likeness (QED) is 0.582. The summed E-state index contributed by atoms with van der Waals surface area (Å²) in [6.45, 7) is 1.48. The van der Waals surface area contributed by atoms with Gasteiger partial charge >= 0.3 is 6.18 Å². The van der Waals surface area contributed by atoms with Crippen LogP contribution in [0.4, 0.5) is 22.0 Å². The van der Waals surface area contributed by atoms with E-state index in [1.54, 1.807) is 0 Å². The summed E-state index contributed by atoms with van der Waals surface area (Å²) in [5.41, 5.74) is -0.700. The van der Waals surface area contributed by atoms with E-state index in [1.165, 1.54) is 14.0 Å². The molecule has 1 atom stereocenters. The van der Waals surface area contributed by atoms with E-state index in [0.29, 0.717) is 6.20 Å². The van der Waals surface area contributed by atoms with E-state index in [-0.39, 0.29) is 22.6 Å². The van der Waals surface area contributed by atoms with Crippen molar-refractivity contribution in [2.75, 3.05) is 7.05 Å². The lowest BCUT2D eigenvalue weighted by atomic mass is 10.0. The third-order valence-corrected chi connectivity index (χ3v) is 4.61. The maximum atomic E-state index is 13.6. The summed E-state index contributed by atoms with van der Waals surface area (Å²) in [6.07, 6.45) is -2.76. The molecule has 3 rings (SSSR count). The Morgan fingerprint density at radius 2 is 1.78 bits per heavy atom. The fourth-order valence-corrected chi connectivity index (χ4v) is 2.89. The van der Waals surface area contributed by atoms with Crippen LogP contribution in [0.5, 0.6) is 0 Å². The first-order valence-electron chi connectivity index (χ1n) is 9.08. The van der Waals surface area contributed by atoms with Crippen LogP contribution in [0, 0.1) is 18.6 Å². The number of hydrogen-bond acceptors (Lipinski definition) is 4. The number of benzene rings is 1. The van der Waals surface area contributed by atoms with Crippen LogP contribution < -0.4 is 10.6 Å². The highest BCUT2D eigenvalue weighted by Gasteiger charge is 2.31. The number of carbonyl (C=O) groups excluding carboxylic acids is 2. The number of hydrogen-bond donors (Lipinski definition) is 2. The second-order valence-corrected chi connectivity index (χ2v) is 6.65. The topological polar surface area (TPSA) is 88.9 Å². The van der Waals surface area contributed by atoms with E-state index in [9.17, 15) is 31.5 Å². The first-order valence-corrected chi connectivity index (χ1v) is 9.08. The van der Waals surface area contributed by atoms with Crippen LogP contribution >= 0.6 is 0 Å². The minimum absolute atomic E-state index is 0.00295. The van der Waals surface area contributed by atoms with Crippen LogP contribution in [-0.2, 0) is 11.0 Å². The van der Waals surface area contributed by atoms with E-state index in [4.69, 9.17) is 0 Å². The van der Waals surface area contributed by atoms with E-state index in [1.807, 2.05) is 0 Å². The first-order chi connectivity index (χ1) is 15.0. The van der Waals surface area contributed by atoms with E-state index in [2.05, 4.69) is 20.7 Å². The van der Waals surface area contributed by atoms with Gasteiger partial charge in [0.05, 0.1) is 23.0 Å². The Morgan fingerprint density at radius 3 is 2.34 bits per heavy atom. The Kier molecular flexibility index (Phi) is 6.23. The predicted molar refractivity (Wildman–Crippen MR) is 102 cm³/mol. The predicted octanol–water partition coefficient (Wildman–Crippen LogP) is 3.09.